The molecule has 3 heterocycles. The average Bonchev–Trinajstić information content (AvgIpc) is 3.53. The number of aryl methyl sites for hydroxylation is 1. The Kier molecular flexibility index (Phi) is 11.8. The Morgan fingerprint density at radius 3 is 2.38 bits per heavy atom. The molecule has 5 amide bonds. The second-order valence-corrected chi connectivity index (χ2v) is 13.4. The van der Waals surface area contributed by atoms with Gasteiger partial charge in [0.2, 0.25) is 23.6 Å². The van der Waals surface area contributed by atoms with Crippen LogP contribution in [-0.2, 0) is 32.8 Å². The molecule has 0 radical (unpaired) electrons. The number of nitrogens with zero attached hydrogens (tertiary/aromatic N) is 6. The van der Waals surface area contributed by atoms with Crippen LogP contribution in [0.3, 0.4) is 0 Å². The van der Waals surface area contributed by atoms with Crippen molar-refractivity contribution in [3.05, 3.63) is 76.6 Å². The fourth-order valence-corrected chi connectivity index (χ4v) is 5.87. The van der Waals surface area contributed by atoms with E-state index in [4.69, 9.17) is 0 Å². The number of rotatable bonds is 4. The second kappa shape index (κ2) is 16.4. The third kappa shape index (κ3) is 9.04. The lowest BCUT2D eigenvalue weighted by Gasteiger charge is -2.25. The van der Waals surface area contributed by atoms with E-state index in [1.54, 1.807) is 14.0 Å². The number of nitrogens with one attached hydrogen (secondary N) is 4. The van der Waals surface area contributed by atoms with E-state index in [1.807, 2.05) is 44.2 Å². The fraction of sp³-hybridized carbons (Fsp3) is 0.417. The summed E-state index contributed by atoms with van der Waals surface area (Å²) >= 11 is 0. The molecule has 0 unspecified atom stereocenters. The molecule has 2 aromatic carbocycles. The topological polar surface area (TPSA) is 202 Å². The second-order valence-electron chi connectivity index (χ2n) is 13.4. The van der Waals surface area contributed by atoms with Gasteiger partial charge in [0.25, 0.3) is 11.5 Å². The summed E-state index contributed by atoms with van der Waals surface area (Å²) in [4.78, 5) is 90.0. The predicted molar refractivity (Wildman–Crippen MR) is 192 cm³/mol. The van der Waals surface area contributed by atoms with Crippen LogP contribution in [0.4, 0.5) is 0 Å². The molecule has 0 aliphatic carbocycles. The van der Waals surface area contributed by atoms with Crippen molar-refractivity contribution in [1.29, 1.82) is 0 Å². The van der Waals surface area contributed by atoms with Gasteiger partial charge in [0.15, 0.2) is 5.82 Å². The maximum absolute atomic E-state index is 13.8. The monoisotopic (exact) mass is 712 g/mol. The molecule has 5 rings (SSSR count). The molecule has 4 N–H and O–H groups in total. The van der Waals surface area contributed by atoms with Gasteiger partial charge in [-0.25, -0.2) is 14.6 Å². The highest BCUT2D eigenvalue weighted by Crippen LogP contribution is 2.20. The number of aromatic nitrogens is 5. The van der Waals surface area contributed by atoms with Crippen LogP contribution in [0.15, 0.2) is 59.7 Å². The van der Waals surface area contributed by atoms with E-state index in [1.165, 1.54) is 45.6 Å². The predicted octanol–water partition coefficient (Wildman–Crippen LogP) is 1.07. The van der Waals surface area contributed by atoms with Crippen molar-refractivity contribution in [3.63, 3.8) is 0 Å². The Bertz CT molecular complexity index is 2020. The third-order valence-electron chi connectivity index (χ3n) is 8.60. The Labute approximate surface area is 300 Å². The van der Waals surface area contributed by atoms with Gasteiger partial charge in [0.1, 0.15) is 24.5 Å². The molecule has 2 aromatic heterocycles. The number of benzene rings is 2. The van der Waals surface area contributed by atoms with Crippen molar-refractivity contribution < 1.29 is 24.0 Å². The van der Waals surface area contributed by atoms with Gasteiger partial charge in [-0.2, -0.15) is 5.10 Å². The largest absolute Gasteiger partial charge is 0.354 e. The Morgan fingerprint density at radius 2 is 1.65 bits per heavy atom. The first-order valence-corrected chi connectivity index (χ1v) is 17.2. The third-order valence-corrected chi connectivity index (χ3v) is 8.60. The minimum atomic E-state index is -1.04. The highest BCUT2D eigenvalue weighted by molar-refractivity contribution is 6.00. The van der Waals surface area contributed by atoms with E-state index in [2.05, 4.69) is 36.3 Å². The summed E-state index contributed by atoms with van der Waals surface area (Å²) in [7, 11) is 1.58. The summed E-state index contributed by atoms with van der Waals surface area (Å²) in [6.07, 6.45) is 1.96. The van der Waals surface area contributed by atoms with Crippen molar-refractivity contribution in [3.8, 4) is 11.4 Å². The molecule has 4 aromatic rings. The zero-order valence-electron chi connectivity index (χ0n) is 29.9. The number of carbonyl (C=O) groups excluding carboxylic acids is 5. The van der Waals surface area contributed by atoms with Crippen molar-refractivity contribution in [1.82, 2.24) is 50.5 Å². The molecule has 0 saturated heterocycles. The van der Waals surface area contributed by atoms with E-state index in [0.717, 1.165) is 5.56 Å². The van der Waals surface area contributed by atoms with Crippen LogP contribution in [0.2, 0.25) is 0 Å². The lowest BCUT2D eigenvalue weighted by Crippen LogP contribution is -2.54. The lowest BCUT2D eigenvalue weighted by molar-refractivity contribution is -0.132. The van der Waals surface area contributed by atoms with Gasteiger partial charge in [0, 0.05) is 31.3 Å². The van der Waals surface area contributed by atoms with Crippen LogP contribution in [0.1, 0.15) is 62.8 Å². The van der Waals surface area contributed by atoms with Gasteiger partial charge >= 0.3 is 0 Å². The van der Waals surface area contributed by atoms with Crippen molar-refractivity contribution in [2.75, 3.05) is 19.6 Å². The summed E-state index contributed by atoms with van der Waals surface area (Å²) in [6, 6.07) is 11.1. The van der Waals surface area contributed by atoms with Crippen LogP contribution >= 0.6 is 0 Å². The smallest absolute Gasteiger partial charge is 0.260 e. The Hall–Kier alpha value is -5.93. The van der Waals surface area contributed by atoms with Crippen molar-refractivity contribution in [2.45, 2.75) is 65.2 Å². The first-order valence-electron chi connectivity index (χ1n) is 17.2. The van der Waals surface area contributed by atoms with Gasteiger partial charge in [-0.05, 0) is 50.8 Å². The molecule has 52 heavy (non-hydrogen) atoms. The number of hydrogen-bond acceptors (Lipinski definition) is 9. The minimum Gasteiger partial charge on any atom is -0.354 e. The van der Waals surface area contributed by atoms with Crippen LogP contribution in [0.5, 0.6) is 0 Å². The molecule has 0 bridgehead atoms. The van der Waals surface area contributed by atoms with Crippen molar-refractivity contribution >= 4 is 40.4 Å². The Morgan fingerprint density at radius 1 is 0.904 bits per heavy atom. The van der Waals surface area contributed by atoms with E-state index in [9.17, 15) is 28.8 Å². The van der Waals surface area contributed by atoms with Gasteiger partial charge in [-0.1, -0.05) is 44.2 Å². The van der Waals surface area contributed by atoms with E-state index in [0.29, 0.717) is 29.0 Å². The highest BCUT2D eigenvalue weighted by Gasteiger charge is 2.29. The molecule has 0 fully saturated rings. The summed E-state index contributed by atoms with van der Waals surface area (Å²) in [5.41, 5.74) is 0.992. The van der Waals surface area contributed by atoms with Gasteiger partial charge < -0.3 is 30.7 Å². The van der Waals surface area contributed by atoms with Crippen LogP contribution in [0, 0.1) is 5.92 Å². The standard InChI is InChI=1S/C36H44N10O6/c1-21(2)16-28-34(50)40-22(3)32-42-31(24-10-7-6-8-11-24)43-46(32)19-29(47)37-14-9-15-45(18-30(48)39-23(4)33(49)41-28)35(51)25-12-13-26-27(17-25)38-20-44(5)36(26)52/h6-8,10-13,17,20-23,28H,9,14-16,18-19H2,1-5H3,(H,37,47)(H,39,48)(H,40,50)(H,41,49)/t22-,23+,28+/m0/s1. The first kappa shape index (κ1) is 37.3. The van der Waals surface area contributed by atoms with Crippen molar-refractivity contribution in [2.24, 2.45) is 13.0 Å². The molecular weight excluding hydrogens is 668 g/mol. The summed E-state index contributed by atoms with van der Waals surface area (Å²) in [5, 5.41) is 16.1. The fourth-order valence-electron chi connectivity index (χ4n) is 5.87. The normalized spacial score (nSPS) is 19.8. The van der Waals surface area contributed by atoms with Gasteiger partial charge in [0.05, 0.1) is 29.8 Å². The lowest BCUT2D eigenvalue weighted by atomic mass is 10.0. The SMILES string of the molecule is CC(C)C[C@H]1NC(=O)[C@@H](C)NC(=O)CN(C(=O)c2ccc3c(=O)n(C)cnc3c2)CCCNC(=O)Cn2nc(-c3ccccc3)nc2[C@H](C)NC1=O. The molecule has 1 aliphatic heterocycles. The number of fused-ring (bicyclic) bond motifs is 2. The summed E-state index contributed by atoms with van der Waals surface area (Å²) in [5.74, 6) is -1.78. The average molecular weight is 713 g/mol. The molecule has 3 atom stereocenters. The summed E-state index contributed by atoms with van der Waals surface area (Å²) in [6.45, 7) is 6.69. The molecule has 0 spiro atoms. The van der Waals surface area contributed by atoms with Crippen LogP contribution in [0.25, 0.3) is 22.3 Å². The Balaban J connectivity index is 1.43. The highest BCUT2D eigenvalue weighted by atomic mass is 16.2. The van der Waals surface area contributed by atoms with Gasteiger partial charge in [-0.3, -0.25) is 28.8 Å². The molecule has 16 heteroatoms. The quantitative estimate of drug-likeness (QED) is 0.239. The zero-order chi connectivity index (χ0) is 37.5. The van der Waals surface area contributed by atoms with Crippen LogP contribution < -0.4 is 26.8 Å². The molecule has 16 nitrogen and oxygen atoms in total. The van der Waals surface area contributed by atoms with Gasteiger partial charge in [-0.15, -0.1) is 0 Å². The summed E-state index contributed by atoms with van der Waals surface area (Å²) < 4.78 is 2.77. The van der Waals surface area contributed by atoms with E-state index in [-0.39, 0.29) is 49.0 Å². The first-order chi connectivity index (χ1) is 24.8. The maximum atomic E-state index is 13.8. The molecule has 274 valence electrons. The number of hydrogen-bond donors (Lipinski definition) is 4. The van der Waals surface area contributed by atoms with E-state index >= 15 is 0 Å². The maximum Gasteiger partial charge on any atom is 0.260 e. The number of amides is 5. The molecular formula is C36H44N10O6. The number of carbonyl (C=O) groups is 5. The van der Waals surface area contributed by atoms with E-state index < -0.39 is 48.3 Å². The van der Waals surface area contributed by atoms with Crippen LogP contribution in [-0.4, -0.2) is 90.5 Å². The molecule has 0 saturated carbocycles. The minimum absolute atomic E-state index is 0.0304. The molecule has 1 aliphatic rings. The zero-order valence-corrected chi connectivity index (χ0v) is 29.9.